The van der Waals surface area contributed by atoms with Crippen LogP contribution in [-0.4, -0.2) is 28.6 Å². The van der Waals surface area contributed by atoms with Crippen molar-refractivity contribution in [1.29, 1.82) is 0 Å². The van der Waals surface area contributed by atoms with E-state index in [1.807, 2.05) is 22.6 Å². The van der Waals surface area contributed by atoms with E-state index < -0.39 is 0 Å². The number of aromatic nitrogens is 2. The van der Waals surface area contributed by atoms with Gasteiger partial charge in [0.15, 0.2) is 0 Å². The maximum atomic E-state index is 4.38. The summed E-state index contributed by atoms with van der Waals surface area (Å²) < 4.78 is 2.00. The molecule has 0 spiro atoms. The van der Waals surface area contributed by atoms with E-state index in [2.05, 4.69) is 54.8 Å². The molecule has 2 aromatic rings. The van der Waals surface area contributed by atoms with E-state index in [0.29, 0.717) is 12.0 Å². The molecule has 0 bridgehead atoms. The molecule has 4 heteroatoms. The van der Waals surface area contributed by atoms with Gasteiger partial charge in [0, 0.05) is 35.3 Å². The molecule has 0 saturated carbocycles. The van der Waals surface area contributed by atoms with Crippen LogP contribution >= 0.6 is 11.8 Å². The lowest BCUT2D eigenvalue weighted by atomic mass is 9.90. The summed E-state index contributed by atoms with van der Waals surface area (Å²) in [5.74, 6) is 1.76. The van der Waals surface area contributed by atoms with E-state index in [1.54, 1.807) is 0 Å². The Morgan fingerprint density at radius 2 is 2.30 bits per heavy atom. The van der Waals surface area contributed by atoms with Crippen molar-refractivity contribution in [2.75, 3.05) is 12.8 Å². The van der Waals surface area contributed by atoms with Crippen LogP contribution in [0, 0.1) is 0 Å². The zero-order valence-electron chi connectivity index (χ0n) is 12.0. The van der Waals surface area contributed by atoms with Gasteiger partial charge in [0.2, 0.25) is 0 Å². The third-order valence-corrected chi connectivity index (χ3v) is 5.27. The fraction of sp³-hybridized carbons (Fsp3) is 0.438. The van der Waals surface area contributed by atoms with E-state index in [1.165, 1.54) is 21.8 Å². The van der Waals surface area contributed by atoms with Gasteiger partial charge >= 0.3 is 0 Å². The van der Waals surface area contributed by atoms with Gasteiger partial charge in [0.1, 0.15) is 0 Å². The van der Waals surface area contributed by atoms with Crippen molar-refractivity contribution in [3.8, 4) is 0 Å². The van der Waals surface area contributed by atoms with Gasteiger partial charge in [-0.2, -0.15) is 5.10 Å². The predicted octanol–water partition coefficient (Wildman–Crippen LogP) is 2.92. The molecular formula is C16H21N3S. The lowest BCUT2D eigenvalue weighted by Crippen LogP contribution is -2.34. The highest BCUT2D eigenvalue weighted by atomic mass is 32.2. The minimum Gasteiger partial charge on any atom is -0.316 e. The summed E-state index contributed by atoms with van der Waals surface area (Å²) in [4.78, 5) is 1.45. The molecule has 0 radical (unpaired) electrons. The highest BCUT2D eigenvalue weighted by molar-refractivity contribution is 7.99. The molecular weight excluding hydrogens is 266 g/mol. The zero-order chi connectivity index (χ0) is 13.9. The van der Waals surface area contributed by atoms with Crippen LogP contribution in [0.4, 0.5) is 0 Å². The molecule has 1 aromatic heterocycles. The van der Waals surface area contributed by atoms with Crippen molar-refractivity contribution < 1.29 is 0 Å². The number of rotatable bonds is 5. The van der Waals surface area contributed by atoms with E-state index >= 15 is 0 Å². The molecule has 1 aliphatic heterocycles. The van der Waals surface area contributed by atoms with Gasteiger partial charge in [-0.3, -0.25) is 4.68 Å². The molecule has 0 amide bonds. The van der Waals surface area contributed by atoms with Crippen LogP contribution in [0.5, 0.6) is 0 Å². The first kappa shape index (κ1) is 13.7. The van der Waals surface area contributed by atoms with Crippen molar-refractivity contribution in [2.45, 2.75) is 36.7 Å². The largest absolute Gasteiger partial charge is 0.316 e. The van der Waals surface area contributed by atoms with Gasteiger partial charge in [-0.1, -0.05) is 18.2 Å². The fourth-order valence-electron chi connectivity index (χ4n) is 2.90. The SMILES string of the molecule is CCn1cc(CC(NC)C2CSc3ccccc32)cn1. The number of likely N-dealkylation sites (N-methyl/N-ethyl adjacent to an activating group) is 1. The van der Waals surface area contributed by atoms with Crippen LogP contribution < -0.4 is 5.32 Å². The first-order valence-electron chi connectivity index (χ1n) is 7.22. The molecule has 2 heterocycles. The van der Waals surface area contributed by atoms with E-state index in [9.17, 15) is 0 Å². The number of hydrogen-bond acceptors (Lipinski definition) is 3. The summed E-state index contributed by atoms with van der Waals surface area (Å²) in [6.45, 7) is 3.06. The molecule has 0 fully saturated rings. The zero-order valence-corrected chi connectivity index (χ0v) is 12.9. The molecule has 1 aliphatic rings. The summed E-state index contributed by atoms with van der Waals surface area (Å²) in [5.41, 5.74) is 2.82. The predicted molar refractivity (Wildman–Crippen MR) is 84.4 cm³/mol. The van der Waals surface area contributed by atoms with Crippen LogP contribution in [0.3, 0.4) is 0 Å². The maximum Gasteiger partial charge on any atom is 0.0522 e. The lowest BCUT2D eigenvalue weighted by molar-refractivity contribution is 0.488. The second-order valence-electron chi connectivity index (χ2n) is 5.26. The number of benzene rings is 1. The minimum atomic E-state index is 0.473. The Balaban J connectivity index is 1.77. The molecule has 2 atom stereocenters. The summed E-state index contributed by atoms with van der Waals surface area (Å²) in [7, 11) is 2.07. The number of nitrogens with zero attached hydrogens (tertiary/aromatic N) is 2. The summed E-state index contributed by atoms with van der Waals surface area (Å²) in [6.07, 6.45) is 5.20. The fourth-order valence-corrected chi connectivity index (χ4v) is 4.24. The molecule has 1 N–H and O–H groups in total. The van der Waals surface area contributed by atoms with Crippen molar-refractivity contribution in [3.63, 3.8) is 0 Å². The van der Waals surface area contributed by atoms with Crippen molar-refractivity contribution >= 4 is 11.8 Å². The Morgan fingerprint density at radius 3 is 3.05 bits per heavy atom. The summed E-state index contributed by atoms with van der Waals surface area (Å²) in [6, 6.07) is 9.27. The van der Waals surface area contributed by atoms with Crippen LogP contribution in [0.1, 0.15) is 24.0 Å². The van der Waals surface area contributed by atoms with E-state index in [4.69, 9.17) is 0 Å². The number of nitrogens with one attached hydrogen (secondary N) is 1. The van der Waals surface area contributed by atoms with Gasteiger partial charge < -0.3 is 5.32 Å². The molecule has 3 rings (SSSR count). The average Bonchev–Trinajstić information content (AvgIpc) is 3.11. The minimum absolute atomic E-state index is 0.473. The smallest absolute Gasteiger partial charge is 0.0522 e. The molecule has 0 aliphatic carbocycles. The standard InChI is InChI=1S/C16H21N3S/c1-3-19-10-12(9-18-19)8-15(17-2)14-11-20-16-7-5-4-6-13(14)16/h4-7,9-10,14-15,17H,3,8,11H2,1-2H3. The van der Waals surface area contributed by atoms with Gasteiger partial charge in [-0.15, -0.1) is 11.8 Å². The Bertz CT molecular complexity index is 579. The van der Waals surface area contributed by atoms with Crippen LogP contribution in [0.25, 0.3) is 0 Å². The normalized spacial score (nSPS) is 19.0. The van der Waals surface area contributed by atoms with E-state index in [-0.39, 0.29) is 0 Å². The number of aryl methyl sites for hydroxylation is 1. The maximum absolute atomic E-state index is 4.38. The second-order valence-corrected chi connectivity index (χ2v) is 6.32. The van der Waals surface area contributed by atoms with Gasteiger partial charge in [-0.05, 0) is 37.6 Å². The Labute approximate surface area is 124 Å². The lowest BCUT2D eigenvalue weighted by Gasteiger charge is -2.23. The highest BCUT2D eigenvalue weighted by Gasteiger charge is 2.29. The third-order valence-electron chi connectivity index (χ3n) is 4.06. The molecule has 106 valence electrons. The molecule has 3 nitrogen and oxygen atoms in total. The van der Waals surface area contributed by atoms with Gasteiger partial charge in [0.05, 0.1) is 6.20 Å². The molecule has 1 aromatic carbocycles. The number of fused-ring (bicyclic) bond motifs is 1. The highest BCUT2D eigenvalue weighted by Crippen LogP contribution is 2.41. The number of hydrogen-bond donors (Lipinski definition) is 1. The molecule has 2 unspecified atom stereocenters. The second kappa shape index (κ2) is 6.02. The molecule has 0 saturated heterocycles. The average molecular weight is 287 g/mol. The van der Waals surface area contributed by atoms with Gasteiger partial charge in [0.25, 0.3) is 0 Å². The van der Waals surface area contributed by atoms with Crippen LogP contribution in [-0.2, 0) is 13.0 Å². The Morgan fingerprint density at radius 1 is 1.45 bits per heavy atom. The third kappa shape index (κ3) is 2.63. The summed E-state index contributed by atoms with van der Waals surface area (Å²) in [5, 5.41) is 7.89. The quantitative estimate of drug-likeness (QED) is 0.917. The first-order chi connectivity index (χ1) is 9.81. The van der Waals surface area contributed by atoms with Crippen molar-refractivity contribution in [1.82, 2.24) is 15.1 Å². The molecule has 20 heavy (non-hydrogen) atoms. The Kier molecular flexibility index (Phi) is 4.13. The van der Waals surface area contributed by atoms with E-state index in [0.717, 1.165) is 13.0 Å². The van der Waals surface area contributed by atoms with Crippen LogP contribution in [0.2, 0.25) is 0 Å². The monoisotopic (exact) mass is 287 g/mol. The summed E-state index contributed by atoms with van der Waals surface area (Å²) >= 11 is 1.98. The number of thioether (sulfide) groups is 1. The topological polar surface area (TPSA) is 29.9 Å². The van der Waals surface area contributed by atoms with Crippen molar-refractivity contribution in [2.24, 2.45) is 0 Å². The van der Waals surface area contributed by atoms with Gasteiger partial charge in [-0.25, -0.2) is 0 Å². The van der Waals surface area contributed by atoms with Crippen molar-refractivity contribution in [3.05, 3.63) is 47.8 Å². The van der Waals surface area contributed by atoms with Crippen LogP contribution in [0.15, 0.2) is 41.6 Å². The first-order valence-corrected chi connectivity index (χ1v) is 8.20. The Hall–Kier alpha value is -1.26.